The van der Waals surface area contributed by atoms with Crippen LogP contribution < -0.4 is 14.7 Å². The molecular formula is C20H24N6O. The first-order chi connectivity index (χ1) is 13.4. The lowest BCUT2D eigenvalue weighted by molar-refractivity contribution is 0.122. The van der Waals surface area contributed by atoms with E-state index >= 15 is 0 Å². The fourth-order valence-corrected chi connectivity index (χ4v) is 4.00. The maximum absolute atomic E-state index is 5.44. The summed E-state index contributed by atoms with van der Waals surface area (Å²) in [5.41, 5.74) is 2.51. The van der Waals surface area contributed by atoms with Crippen LogP contribution in [0.5, 0.6) is 0 Å². The molecule has 4 heterocycles. The van der Waals surface area contributed by atoms with E-state index < -0.39 is 0 Å². The van der Waals surface area contributed by atoms with Crippen molar-refractivity contribution in [3.8, 4) is 0 Å². The number of H-pyrrole nitrogens is 1. The van der Waals surface area contributed by atoms with Gasteiger partial charge in [-0.1, -0.05) is 6.07 Å². The van der Waals surface area contributed by atoms with E-state index in [1.165, 1.54) is 16.6 Å². The number of hydrogen-bond donors (Lipinski definition) is 1. The molecule has 0 spiro atoms. The van der Waals surface area contributed by atoms with Gasteiger partial charge in [0.2, 0.25) is 0 Å². The van der Waals surface area contributed by atoms with Crippen molar-refractivity contribution in [3.05, 3.63) is 42.9 Å². The zero-order valence-electron chi connectivity index (χ0n) is 15.3. The second-order valence-electron chi connectivity index (χ2n) is 7.02. The van der Waals surface area contributed by atoms with Crippen LogP contribution in [0.15, 0.2) is 42.9 Å². The minimum atomic E-state index is 0.767. The lowest BCUT2D eigenvalue weighted by Crippen LogP contribution is -2.47. The Balaban J connectivity index is 1.30. The normalized spacial score (nSPS) is 18.3. The third-order valence-corrected chi connectivity index (χ3v) is 5.49. The first kappa shape index (κ1) is 16.4. The average molecular weight is 364 g/mol. The number of piperazine rings is 1. The molecule has 2 aromatic heterocycles. The summed E-state index contributed by atoms with van der Waals surface area (Å²) < 4.78 is 5.44. The van der Waals surface area contributed by atoms with Gasteiger partial charge in [0, 0.05) is 68.1 Å². The molecule has 1 N–H and O–H groups in total. The highest BCUT2D eigenvalue weighted by molar-refractivity contribution is 5.92. The van der Waals surface area contributed by atoms with Gasteiger partial charge in [0.15, 0.2) is 0 Å². The predicted molar refractivity (Wildman–Crippen MR) is 108 cm³/mol. The summed E-state index contributed by atoms with van der Waals surface area (Å²) in [5.74, 6) is 2.02. The van der Waals surface area contributed by atoms with Gasteiger partial charge in [-0.05, 0) is 18.2 Å². The molecule has 0 amide bonds. The summed E-state index contributed by atoms with van der Waals surface area (Å²) in [6.45, 7) is 7.21. The molecule has 0 unspecified atom stereocenters. The van der Waals surface area contributed by atoms with Crippen molar-refractivity contribution in [3.63, 3.8) is 0 Å². The van der Waals surface area contributed by atoms with E-state index in [9.17, 15) is 0 Å². The Kier molecular flexibility index (Phi) is 4.29. The number of fused-ring (bicyclic) bond motifs is 1. The number of anilines is 3. The summed E-state index contributed by atoms with van der Waals surface area (Å²) in [6, 6.07) is 10.7. The molecule has 7 heteroatoms. The highest BCUT2D eigenvalue weighted by Crippen LogP contribution is 2.28. The zero-order valence-corrected chi connectivity index (χ0v) is 15.3. The molecule has 2 fully saturated rings. The molecule has 0 aliphatic carbocycles. The predicted octanol–water partition coefficient (Wildman–Crippen LogP) is 2.12. The number of ether oxygens (including phenoxy) is 1. The second-order valence-corrected chi connectivity index (χ2v) is 7.02. The molecule has 0 saturated carbocycles. The molecule has 140 valence electrons. The summed E-state index contributed by atoms with van der Waals surface area (Å²) in [5, 5.41) is 1.29. The lowest BCUT2D eigenvalue weighted by atomic mass is 10.1. The van der Waals surface area contributed by atoms with E-state index in [4.69, 9.17) is 4.74 Å². The fourth-order valence-electron chi connectivity index (χ4n) is 4.00. The average Bonchev–Trinajstić information content (AvgIpc) is 3.24. The second kappa shape index (κ2) is 7.08. The van der Waals surface area contributed by atoms with Crippen LogP contribution in [-0.2, 0) is 4.74 Å². The Morgan fingerprint density at radius 2 is 1.52 bits per heavy atom. The van der Waals surface area contributed by atoms with Gasteiger partial charge in [0.25, 0.3) is 0 Å². The van der Waals surface area contributed by atoms with Crippen LogP contribution in [0.1, 0.15) is 0 Å². The first-order valence-corrected chi connectivity index (χ1v) is 9.59. The summed E-state index contributed by atoms with van der Waals surface area (Å²) in [7, 11) is 0. The highest BCUT2D eigenvalue weighted by Gasteiger charge is 2.21. The molecule has 1 aromatic carbocycles. The van der Waals surface area contributed by atoms with Crippen LogP contribution in [0, 0.1) is 0 Å². The van der Waals surface area contributed by atoms with Gasteiger partial charge >= 0.3 is 0 Å². The van der Waals surface area contributed by atoms with Gasteiger partial charge in [-0.3, -0.25) is 0 Å². The van der Waals surface area contributed by atoms with Gasteiger partial charge in [-0.2, -0.15) is 0 Å². The SMILES string of the molecule is c1cc(N2CCN(c3cc(N4CCOCC4)ncn3)CC2)c2cc[nH]c2c1. The Labute approximate surface area is 158 Å². The largest absolute Gasteiger partial charge is 0.378 e. The standard InChI is InChI=1S/C20H24N6O/c1-2-17-16(4-5-21-17)18(3-1)24-6-8-25(9-7-24)19-14-20(23-15-22-19)26-10-12-27-13-11-26/h1-5,14-15,21H,6-13H2. The number of nitrogens with zero attached hydrogens (tertiary/aromatic N) is 5. The molecule has 0 atom stereocenters. The van der Waals surface area contributed by atoms with Crippen molar-refractivity contribution in [2.24, 2.45) is 0 Å². The highest BCUT2D eigenvalue weighted by atomic mass is 16.5. The van der Waals surface area contributed by atoms with Gasteiger partial charge in [0.05, 0.1) is 13.2 Å². The van der Waals surface area contributed by atoms with Crippen molar-refractivity contribution in [2.45, 2.75) is 0 Å². The van der Waals surface area contributed by atoms with Crippen molar-refractivity contribution in [1.82, 2.24) is 15.0 Å². The number of benzene rings is 1. The molecule has 5 rings (SSSR count). The molecule has 2 aliphatic rings. The molecule has 7 nitrogen and oxygen atoms in total. The third-order valence-electron chi connectivity index (χ3n) is 5.49. The van der Waals surface area contributed by atoms with Crippen molar-refractivity contribution >= 4 is 28.2 Å². The summed E-state index contributed by atoms with van der Waals surface area (Å²) in [6.07, 6.45) is 3.70. The summed E-state index contributed by atoms with van der Waals surface area (Å²) >= 11 is 0. The molecule has 0 bridgehead atoms. The molecule has 2 saturated heterocycles. The molecule has 3 aromatic rings. The number of hydrogen-bond acceptors (Lipinski definition) is 6. The Bertz CT molecular complexity index is 911. The van der Waals surface area contributed by atoms with Gasteiger partial charge < -0.3 is 24.4 Å². The number of aromatic amines is 1. The number of aromatic nitrogens is 3. The molecular weight excluding hydrogens is 340 g/mol. The van der Waals surface area contributed by atoms with Crippen LogP contribution in [0.25, 0.3) is 10.9 Å². The Morgan fingerprint density at radius 1 is 0.815 bits per heavy atom. The van der Waals surface area contributed by atoms with E-state index in [1.807, 2.05) is 6.20 Å². The van der Waals surface area contributed by atoms with E-state index in [0.717, 1.165) is 64.1 Å². The van der Waals surface area contributed by atoms with E-state index in [2.05, 4.69) is 60.0 Å². The minimum Gasteiger partial charge on any atom is -0.378 e. The third kappa shape index (κ3) is 3.19. The molecule has 0 radical (unpaired) electrons. The minimum absolute atomic E-state index is 0.767. The van der Waals surface area contributed by atoms with Crippen molar-refractivity contribution in [1.29, 1.82) is 0 Å². The fraction of sp³-hybridized carbons (Fsp3) is 0.400. The monoisotopic (exact) mass is 364 g/mol. The van der Waals surface area contributed by atoms with E-state index in [-0.39, 0.29) is 0 Å². The maximum atomic E-state index is 5.44. The van der Waals surface area contributed by atoms with Crippen LogP contribution in [0.4, 0.5) is 17.3 Å². The van der Waals surface area contributed by atoms with Crippen LogP contribution in [0.3, 0.4) is 0 Å². The maximum Gasteiger partial charge on any atom is 0.134 e. The van der Waals surface area contributed by atoms with E-state index in [0.29, 0.717) is 0 Å². The van der Waals surface area contributed by atoms with Crippen LogP contribution in [-0.4, -0.2) is 67.4 Å². The van der Waals surface area contributed by atoms with Crippen molar-refractivity contribution < 1.29 is 4.74 Å². The van der Waals surface area contributed by atoms with Gasteiger partial charge in [-0.15, -0.1) is 0 Å². The Morgan fingerprint density at radius 3 is 2.30 bits per heavy atom. The molecule has 27 heavy (non-hydrogen) atoms. The number of rotatable bonds is 3. The Hall–Kier alpha value is -2.80. The first-order valence-electron chi connectivity index (χ1n) is 9.59. The zero-order chi connectivity index (χ0) is 18.1. The van der Waals surface area contributed by atoms with Crippen LogP contribution in [0.2, 0.25) is 0 Å². The number of nitrogens with one attached hydrogen (secondary N) is 1. The quantitative estimate of drug-likeness (QED) is 0.768. The lowest BCUT2D eigenvalue weighted by Gasteiger charge is -2.37. The number of morpholine rings is 1. The summed E-state index contributed by atoms with van der Waals surface area (Å²) in [4.78, 5) is 19.4. The topological polar surface area (TPSA) is 60.5 Å². The van der Waals surface area contributed by atoms with Crippen molar-refractivity contribution in [2.75, 3.05) is 67.2 Å². The molecule has 2 aliphatic heterocycles. The van der Waals surface area contributed by atoms with Gasteiger partial charge in [-0.25, -0.2) is 9.97 Å². The van der Waals surface area contributed by atoms with Gasteiger partial charge in [0.1, 0.15) is 18.0 Å². The van der Waals surface area contributed by atoms with E-state index in [1.54, 1.807) is 6.33 Å². The van der Waals surface area contributed by atoms with Crippen LogP contribution >= 0.6 is 0 Å². The smallest absolute Gasteiger partial charge is 0.134 e.